The summed E-state index contributed by atoms with van der Waals surface area (Å²) in [4.78, 5) is 36.0. The van der Waals surface area contributed by atoms with Gasteiger partial charge in [0.2, 0.25) is 0 Å². The molecule has 0 unspecified atom stereocenters. The molecule has 0 saturated carbocycles. The fourth-order valence-corrected chi connectivity index (χ4v) is 2.14. The van der Waals surface area contributed by atoms with Crippen molar-refractivity contribution in [3.8, 4) is 0 Å². The van der Waals surface area contributed by atoms with Crippen molar-refractivity contribution < 1.29 is 9.59 Å². The molecule has 1 aliphatic heterocycles. The maximum absolute atomic E-state index is 12.1. The van der Waals surface area contributed by atoms with E-state index in [9.17, 15) is 9.59 Å². The topological polar surface area (TPSA) is 71.8 Å². The van der Waals surface area contributed by atoms with Gasteiger partial charge in [-0.25, -0.2) is 15.0 Å². The second-order valence-corrected chi connectivity index (χ2v) is 5.20. The maximum Gasteiger partial charge on any atom is 0.296 e. The summed E-state index contributed by atoms with van der Waals surface area (Å²) in [6.45, 7) is 0. The Kier molecular flexibility index (Phi) is 3.53. The Morgan fingerprint density at radius 1 is 1.14 bits per heavy atom. The van der Waals surface area contributed by atoms with Crippen LogP contribution in [-0.2, 0) is 4.79 Å². The number of rotatable bonds is 2. The first kappa shape index (κ1) is 13.5. The SMILES string of the molecule is O=C1N=c2cc(Br)cnc2=N/C1=C\C(=O)c1ccccc1. The number of amides is 1. The van der Waals surface area contributed by atoms with Crippen LogP contribution in [0.3, 0.4) is 0 Å². The highest BCUT2D eigenvalue weighted by Crippen LogP contribution is 2.07. The van der Waals surface area contributed by atoms with E-state index in [4.69, 9.17) is 0 Å². The molecule has 0 bridgehead atoms. The fraction of sp³-hybridized carbons (Fsp3) is 0. The van der Waals surface area contributed by atoms with Gasteiger partial charge in [-0.1, -0.05) is 30.3 Å². The van der Waals surface area contributed by atoms with Crippen LogP contribution >= 0.6 is 15.9 Å². The molecule has 0 saturated heterocycles. The van der Waals surface area contributed by atoms with Crippen molar-refractivity contribution >= 4 is 27.6 Å². The fourth-order valence-electron chi connectivity index (χ4n) is 1.82. The maximum atomic E-state index is 12.1. The summed E-state index contributed by atoms with van der Waals surface area (Å²) in [7, 11) is 0. The molecule has 1 aliphatic rings. The molecule has 21 heavy (non-hydrogen) atoms. The number of halogens is 1. The third-order valence-corrected chi connectivity index (χ3v) is 3.24. The summed E-state index contributed by atoms with van der Waals surface area (Å²) >= 11 is 3.25. The summed E-state index contributed by atoms with van der Waals surface area (Å²) in [5, 5.41) is 0.388. The molecule has 0 N–H and O–H groups in total. The van der Waals surface area contributed by atoms with E-state index in [0.29, 0.717) is 20.9 Å². The van der Waals surface area contributed by atoms with Crippen molar-refractivity contribution in [3.05, 3.63) is 75.2 Å². The van der Waals surface area contributed by atoms with Crippen LogP contribution in [-0.4, -0.2) is 16.7 Å². The number of benzene rings is 1. The van der Waals surface area contributed by atoms with Gasteiger partial charge in [0.1, 0.15) is 11.1 Å². The average Bonchev–Trinajstić information content (AvgIpc) is 2.49. The highest BCUT2D eigenvalue weighted by molar-refractivity contribution is 9.10. The van der Waals surface area contributed by atoms with E-state index in [0.717, 1.165) is 0 Å². The molecule has 5 nitrogen and oxygen atoms in total. The molecular formula is C15H8BrN3O2. The van der Waals surface area contributed by atoms with E-state index in [1.54, 1.807) is 36.5 Å². The van der Waals surface area contributed by atoms with Crippen molar-refractivity contribution in [2.75, 3.05) is 0 Å². The number of carbonyl (C=O) groups is 2. The number of pyridine rings is 1. The third kappa shape index (κ3) is 2.85. The van der Waals surface area contributed by atoms with Crippen molar-refractivity contribution in [2.45, 2.75) is 0 Å². The molecule has 2 heterocycles. The van der Waals surface area contributed by atoms with E-state index in [1.807, 2.05) is 6.07 Å². The zero-order chi connectivity index (χ0) is 14.8. The van der Waals surface area contributed by atoms with Gasteiger partial charge in [-0.15, -0.1) is 0 Å². The van der Waals surface area contributed by atoms with Crippen LogP contribution in [0.25, 0.3) is 0 Å². The molecule has 6 heteroatoms. The van der Waals surface area contributed by atoms with Gasteiger partial charge < -0.3 is 0 Å². The zero-order valence-electron chi connectivity index (χ0n) is 10.7. The van der Waals surface area contributed by atoms with E-state index in [-0.39, 0.29) is 11.5 Å². The number of ketones is 1. The Bertz CT molecular complexity index is 889. The quantitative estimate of drug-likeness (QED) is 0.612. The lowest BCUT2D eigenvalue weighted by atomic mass is 10.1. The van der Waals surface area contributed by atoms with Crippen molar-refractivity contribution in [1.29, 1.82) is 0 Å². The number of fused-ring (bicyclic) bond motifs is 1. The number of allylic oxidation sites excluding steroid dienone is 1. The van der Waals surface area contributed by atoms with Gasteiger partial charge in [0.15, 0.2) is 11.3 Å². The molecule has 0 atom stereocenters. The van der Waals surface area contributed by atoms with E-state index in [1.165, 1.54) is 6.08 Å². The zero-order valence-corrected chi connectivity index (χ0v) is 12.2. The minimum Gasteiger partial charge on any atom is -0.289 e. The first-order valence-electron chi connectivity index (χ1n) is 6.08. The predicted molar refractivity (Wildman–Crippen MR) is 78.1 cm³/mol. The van der Waals surface area contributed by atoms with Crippen LogP contribution < -0.4 is 10.8 Å². The Morgan fingerprint density at radius 2 is 1.90 bits per heavy atom. The Balaban J connectivity index is 2.04. The summed E-state index contributed by atoms with van der Waals surface area (Å²) in [6, 6.07) is 10.3. The molecule has 1 aromatic carbocycles. The van der Waals surface area contributed by atoms with Crippen LogP contribution in [0, 0.1) is 0 Å². The molecule has 0 spiro atoms. The Morgan fingerprint density at radius 3 is 2.67 bits per heavy atom. The second kappa shape index (κ2) is 5.49. The van der Waals surface area contributed by atoms with Gasteiger partial charge in [-0.05, 0) is 22.0 Å². The molecule has 102 valence electrons. The molecule has 2 aromatic rings. The van der Waals surface area contributed by atoms with Gasteiger partial charge in [-0.2, -0.15) is 0 Å². The van der Waals surface area contributed by atoms with Crippen LogP contribution in [0.15, 0.2) is 68.8 Å². The van der Waals surface area contributed by atoms with Gasteiger partial charge in [-0.3, -0.25) is 9.59 Å². The first-order valence-corrected chi connectivity index (χ1v) is 6.87. The van der Waals surface area contributed by atoms with Gasteiger partial charge in [0, 0.05) is 22.3 Å². The molecule has 0 radical (unpaired) electrons. The molecule has 1 aromatic heterocycles. The summed E-state index contributed by atoms with van der Waals surface area (Å²) in [5.41, 5.74) is 0.804. The largest absolute Gasteiger partial charge is 0.296 e. The van der Waals surface area contributed by atoms with Crippen LogP contribution in [0.4, 0.5) is 0 Å². The van der Waals surface area contributed by atoms with Crippen LogP contribution in [0.2, 0.25) is 0 Å². The van der Waals surface area contributed by atoms with E-state index in [2.05, 4.69) is 30.9 Å². The molecule has 3 rings (SSSR count). The molecular weight excluding hydrogens is 334 g/mol. The summed E-state index contributed by atoms with van der Waals surface area (Å²) in [5.74, 6) is -0.842. The third-order valence-electron chi connectivity index (χ3n) is 2.81. The van der Waals surface area contributed by atoms with Gasteiger partial charge >= 0.3 is 0 Å². The number of aromatic nitrogens is 1. The van der Waals surface area contributed by atoms with Gasteiger partial charge in [0.25, 0.3) is 5.91 Å². The van der Waals surface area contributed by atoms with E-state index < -0.39 is 5.91 Å². The van der Waals surface area contributed by atoms with Crippen LogP contribution in [0.5, 0.6) is 0 Å². The smallest absolute Gasteiger partial charge is 0.289 e. The molecule has 0 fully saturated rings. The average molecular weight is 342 g/mol. The highest BCUT2D eigenvalue weighted by atomic mass is 79.9. The highest BCUT2D eigenvalue weighted by Gasteiger charge is 2.15. The Labute approximate surface area is 127 Å². The van der Waals surface area contributed by atoms with Crippen molar-refractivity contribution in [3.63, 3.8) is 0 Å². The predicted octanol–water partition coefficient (Wildman–Crippen LogP) is 1.39. The standard InChI is InChI=1S/C15H8BrN3O2/c16-10-6-11-14(17-8-10)18-12(15(21)19-11)7-13(20)9-4-2-1-3-5-9/h1-8H/b12-7-. The lowest BCUT2D eigenvalue weighted by molar-refractivity contribution is -0.114. The molecule has 0 aliphatic carbocycles. The van der Waals surface area contributed by atoms with Crippen molar-refractivity contribution in [2.24, 2.45) is 9.98 Å². The second-order valence-electron chi connectivity index (χ2n) is 4.28. The lowest BCUT2D eigenvalue weighted by Crippen LogP contribution is -2.33. The lowest BCUT2D eigenvalue weighted by Gasteiger charge is -2.02. The van der Waals surface area contributed by atoms with Crippen molar-refractivity contribution in [1.82, 2.24) is 4.98 Å². The van der Waals surface area contributed by atoms with Gasteiger partial charge in [0.05, 0.1) is 0 Å². The number of nitrogens with zero attached hydrogens (tertiary/aromatic N) is 3. The minimum absolute atomic E-state index is 0.00817. The molecule has 1 amide bonds. The normalized spacial score (nSPS) is 15.1. The minimum atomic E-state index is -0.549. The number of hydrogen-bond donors (Lipinski definition) is 0. The number of hydrogen-bond acceptors (Lipinski definition) is 4. The van der Waals surface area contributed by atoms with E-state index >= 15 is 0 Å². The van der Waals surface area contributed by atoms with Crippen LogP contribution in [0.1, 0.15) is 10.4 Å². The summed E-state index contributed by atoms with van der Waals surface area (Å²) < 4.78 is 0.709. The summed E-state index contributed by atoms with van der Waals surface area (Å²) in [6.07, 6.45) is 2.75. The number of carbonyl (C=O) groups excluding carboxylic acids is 2. The Hall–Kier alpha value is -2.47. The first-order chi connectivity index (χ1) is 10.1. The monoisotopic (exact) mass is 341 g/mol.